The van der Waals surface area contributed by atoms with Crippen LogP contribution in [0.25, 0.3) is 0 Å². The monoisotopic (exact) mass is 210 g/mol. The van der Waals surface area contributed by atoms with Gasteiger partial charge in [0.15, 0.2) is 0 Å². The molecule has 0 aromatic rings. The lowest BCUT2D eigenvalue weighted by atomic mass is 9.90. The summed E-state index contributed by atoms with van der Waals surface area (Å²) in [5, 5.41) is 16.1. The zero-order valence-corrected chi connectivity index (χ0v) is 9.41. The van der Waals surface area contributed by atoms with Gasteiger partial charge in [-0.1, -0.05) is 30.8 Å². The second-order valence-electron chi connectivity index (χ2n) is 4.89. The highest BCUT2D eigenvalue weighted by atomic mass is 16.4. The van der Waals surface area contributed by atoms with E-state index in [1.54, 1.807) is 0 Å². The predicted molar refractivity (Wildman–Crippen MR) is 61.5 cm³/mol. The Balaban J connectivity index is 1.85. The van der Waals surface area contributed by atoms with E-state index in [9.17, 15) is 0 Å². The molecule has 2 rings (SSSR count). The number of hydrogen-bond donors (Lipinski definition) is 2. The van der Waals surface area contributed by atoms with Crippen molar-refractivity contribution in [2.45, 2.75) is 69.9 Å². The van der Waals surface area contributed by atoms with E-state index in [-0.39, 0.29) is 0 Å². The van der Waals surface area contributed by atoms with Crippen molar-refractivity contribution in [2.24, 2.45) is 5.16 Å². The van der Waals surface area contributed by atoms with Crippen molar-refractivity contribution >= 4 is 5.71 Å². The Labute approximate surface area is 91.9 Å². The number of hydrogen-bond acceptors (Lipinski definition) is 3. The summed E-state index contributed by atoms with van der Waals surface area (Å²) in [7, 11) is 0. The molecule has 2 aliphatic rings. The summed E-state index contributed by atoms with van der Waals surface area (Å²) in [5.41, 5.74) is 0.979. The third-order valence-corrected chi connectivity index (χ3v) is 3.75. The molecule has 1 atom stereocenters. The van der Waals surface area contributed by atoms with E-state index in [1.807, 2.05) is 0 Å². The van der Waals surface area contributed by atoms with Crippen LogP contribution in [-0.4, -0.2) is 23.0 Å². The fourth-order valence-electron chi connectivity index (χ4n) is 2.85. The maximum Gasteiger partial charge on any atom is 0.0739 e. The van der Waals surface area contributed by atoms with Crippen LogP contribution in [0.5, 0.6) is 0 Å². The first-order chi connectivity index (χ1) is 7.40. The average molecular weight is 210 g/mol. The minimum Gasteiger partial charge on any atom is -0.411 e. The molecule has 0 heterocycles. The first-order valence-electron chi connectivity index (χ1n) is 6.37. The van der Waals surface area contributed by atoms with E-state index < -0.39 is 0 Å². The Morgan fingerprint density at radius 1 is 1.00 bits per heavy atom. The van der Waals surface area contributed by atoms with Gasteiger partial charge in [0, 0.05) is 12.1 Å². The molecular weight excluding hydrogens is 188 g/mol. The molecule has 0 aromatic carbocycles. The van der Waals surface area contributed by atoms with Gasteiger partial charge in [-0.25, -0.2) is 0 Å². The van der Waals surface area contributed by atoms with Crippen LogP contribution in [0.15, 0.2) is 5.16 Å². The van der Waals surface area contributed by atoms with Crippen molar-refractivity contribution in [1.82, 2.24) is 5.32 Å². The SMILES string of the molecule is O/N=C1/CCCC[C@H]1NC1CCCCC1. The quantitative estimate of drug-likeness (QED) is 0.543. The lowest BCUT2D eigenvalue weighted by molar-refractivity contribution is 0.301. The van der Waals surface area contributed by atoms with Gasteiger partial charge in [0.25, 0.3) is 0 Å². The molecule has 0 aromatic heterocycles. The number of oxime groups is 1. The predicted octanol–water partition coefficient (Wildman–Crippen LogP) is 2.68. The van der Waals surface area contributed by atoms with Gasteiger partial charge in [-0.05, 0) is 32.1 Å². The Morgan fingerprint density at radius 2 is 1.73 bits per heavy atom. The molecule has 0 unspecified atom stereocenters. The first-order valence-corrected chi connectivity index (χ1v) is 6.37. The summed E-state index contributed by atoms with van der Waals surface area (Å²) in [4.78, 5) is 0. The largest absolute Gasteiger partial charge is 0.411 e. The summed E-state index contributed by atoms with van der Waals surface area (Å²) in [6.45, 7) is 0. The molecular formula is C12H22N2O. The molecule has 3 nitrogen and oxygen atoms in total. The zero-order valence-electron chi connectivity index (χ0n) is 9.41. The molecule has 2 N–H and O–H groups in total. The van der Waals surface area contributed by atoms with Gasteiger partial charge in [-0.3, -0.25) is 0 Å². The van der Waals surface area contributed by atoms with Crippen LogP contribution < -0.4 is 5.32 Å². The van der Waals surface area contributed by atoms with Crippen molar-refractivity contribution in [2.75, 3.05) is 0 Å². The van der Waals surface area contributed by atoms with Crippen molar-refractivity contribution in [3.05, 3.63) is 0 Å². The molecule has 15 heavy (non-hydrogen) atoms. The maximum absolute atomic E-state index is 8.94. The number of nitrogens with zero attached hydrogens (tertiary/aromatic N) is 1. The van der Waals surface area contributed by atoms with Gasteiger partial charge in [0.1, 0.15) is 0 Å². The summed E-state index contributed by atoms with van der Waals surface area (Å²) >= 11 is 0. The molecule has 0 spiro atoms. The molecule has 0 saturated heterocycles. The van der Waals surface area contributed by atoms with Gasteiger partial charge in [0.05, 0.1) is 5.71 Å². The van der Waals surface area contributed by atoms with Crippen LogP contribution in [-0.2, 0) is 0 Å². The van der Waals surface area contributed by atoms with Gasteiger partial charge >= 0.3 is 0 Å². The van der Waals surface area contributed by atoms with Gasteiger partial charge < -0.3 is 10.5 Å². The molecule has 0 bridgehead atoms. The average Bonchev–Trinajstić information content (AvgIpc) is 2.31. The van der Waals surface area contributed by atoms with Crippen molar-refractivity contribution in [3.8, 4) is 0 Å². The molecule has 0 amide bonds. The lowest BCUT2D eigenvalue weighted by Gasteiger charge is -2.31. The molecule has 86 valence electrons. The first kappa shape index (κ1) is 10.9. The fraction of sp³-hybridized carbons (Fsp3) is 0.917. The van der Waals surface area contributed by atoms with Gasteiger partial charge in [-0.15, -0.1) is 0 Å². The molecule has 2 fully saturated rings. The lowest BCUT2D eigenvalue weighted by Crippen LogP contribution is -2.45. The third-order valence-electron chi connectivity index (χ3n) is 3.75. The third kappa shape index (κ3) is 2.94. The smallest absolute Gasteiger partial charge is 0.0739 e. The topological polar surface area (TPSA) is 44.6 Å². The number of nitrogens with one attached hydrogen (secondary N) is 1. The number of rotatable bonds is 2. The Hall–Kier alpha value is -0.570. The Kier molecular flexibility index (Phi) is 4.01. The summed E-state index contributed by atoms with van der Waals surface area (Å²) in [6.07, 6.45) is 11.3. The summed E-state index contributed by atoms with van der Waals surface area (Å²) in [5.74, 6) is 0. The van der Waals surface area contributed by atoms with Crippen LogP contribution in [0.4, 0.5) is 0 Å². The van der Waals surface area contributed by atoms with Crippen molar-refractivity contribution in [1.29, 1.82) is 0 Å². The highest BCUT2D eigenvalue weighted by molar-refractivity contribution is 5.89. The standard InChI is InChI=1S/C12H22N2O/c15-14-12-9-5-4-8-11(12)13-10-6-2-1-3-7-10/h10-11,13,15H,1-9H2/b14-12-/t11-/m1/s1. The zero-order chi connectivity index (χ0) is 10.5. The Morgan fingerprint density at radius 3 is 2.47 bits per heavy atom. The molecule has 2 saturated carbocycles. The van der Waals surface area contributed by atoms with Crippen LogP contribution in [0.2, 0.25) is 0 Å². The maximum atomic E-state index is 8.94. The van der Waals surface area contributed by atoms with E-state index in [2.05, 4.69) is 10.5 Å². The van der Waals surface area contributed by atoms with Gasteiger partial charge in [0.2, 0.25) is 0 Å². The van der Waals surface area contributed by atoms with Crippen LogP contribution in [0, 0.1) is 0 Å². The normalized spacial score (nSPS) is 32.0. The van der Waals surface area contributed by atoms with E-state index in [0.717, 1.165) is 18.6 Å². The van der Waals surface area contributed by atoms with Crippen molar-refractivity contribution < 1.29 is 5.21 Å². The van der Waals surface area contributed by atoms with E-state index in [4.69, 9.17) is 5.21 Å². The molecule has 2 aliphatic carbocycles. The summed E-state index contributed by atoms with van der Waals surface area (Å²) < 4.78 is 0. The highest BCUT2D eigenvalue weighted by Gasteiger charge is 2.24. The van der Waals surface area contributed by atoms with Crippen molar-refractivity contribution in [3.63, 3.8) is 0 Å². The van der Waals surface area contributed by atoms with Gasteiger partial charge in [-0.2, -0.15) is 0 Å². The Bertz CT molecular complexity index is 222. The van der Waals surface area contributed by atoms with Crippen LogP contribution in [0.1, 0.15) is 57.8 Å². The van der Waals surface area contributed by atoms with Crippen LogP contribution in [0.3, 0.4) is 0 Å². The second kappa shape index (κ2) is 5.50. The minimum absolute atomic E-state index is 0.354. The van der Waals surface area contributed by atoms with Crippen LogP contribution >= 0.6 is 0 Å². The van der Waals surface area contributed by atoms with E-state index in [1.165, 1.54) is 44.9 Å². The van der Waals surface area contributed by atoms with E-state index in [0.29, 0.717) is 12.1 Å². The molecule has 3 heteroatoms. The second-order valence-corrected chi connectivity index (χ2v) is 4.89. The van der Waals surface area contributed by atoms with E-state index >= 15 is 0 Å². The summed E-state index contributed by atoms with van der Waals surface area (Å²) in [6, 6.07) is 1.02. The minimum atomic E-state index is 0.354. The fourth-order valence-corrected chi connectivity index (χ4v) is 2.85. The molecule has 0 radical (unpaired) electrons. The molecule has 0 aliphatic heterocycles. The highest BCUT2D eigenvalue weighted by Crippen LogP contribution is 2.21.